The maximum absolute atomic E-state index is 11.9. The van der Waals surface area contributed by atoms with E-state index in [1.54, 1.807) is 7.11 Å². The Kier molecular flexibility index (Phi) is 4.58. The van der Waals surface area contributed by atoms with Crippen molar-refractivity contribution in [3.8, 4) is 5.75 Å². The van der Waals surface area contributed by atoms with Crippen LogP contribution in [0.3, 0.4) is 0 Å². The number of fused-ring (bicyclic) bond motifs is 1. The van der Waals surface area contributed by atoms with Crippen LogP contribution in [-0.2, 0) is 11.3 Å². The second kappa shape index (κ2) is 7.04. The van der Waals surface area contributed by atoms with Crippen molar-refractivity contribution >= 4 is 11.6 Å². The summed E-state index contributed by atoms with van der Waals surface area (Å²) in [4.78, 5) is 18.7. The normalized spacial score (nSPS) is 20.2. The summed E-state index contributed by atoms with van der Waals surface area (Å²) in [5.41, 5.74) is 3.99. The molecule has 1 aromatic carbocycles. The molecule has 2 atom stereocenters. The van der Waals surface area contributed by atoms with E-state index in [0.29, 0.717) is 19.6 Å². The van der Waals surface area contributed by atoms with Crippen molar-refractivity contribution < 1.29 is 14.6 Å². The van der Waals surface area contributed by atoms with Crippen LogP contribution in [-0.4, -0.2) is 45.6 Å². The van der Waals surface area contributed by atoms with Gasteiger partial charge >= 0.3 is 5.97 Å². The second-order valence-corrected chi connectivity index (χ2v) is 7.19. The van der Waals surface area contributed by atoms with Crippen LogP contribution >= 0.6 is 0 Å². The third-order valence-corrected chi connectivity index (χ3v) is 5.29. The third-order valence-electron chi connectivity index (χ3n) is 5.29. The van der Waals surface area contributed by atoms with Crippen LogP contribution in [0.1, 0.15) is 22.7 Å². The summed E-state index contributed by atoms with van der Waals surface area (Å²) >= 11 is 0. The number of aryl methyl sites for hydroxylation is 1. The molecule has 0 unspecified atom stereocenters. The molecule has 4 rings (SSSR count). The average molecular weight is 365 g/mol. The van der Waals surface area contributed by atoms with Crippen molar-refractivity contribution in [1.82, 2.24) is 14.3 Å². The van der Waals surface area contributed by atoms with Gasteiger partial charge in [0.15, 0.2) is 0 Å². The lowest BCUT2D eigenvalue weighted by Crippen LogP contribution is -2.23. The maximum atomic E-state index is 11.9. The number of imidazole rings is 1. The fraction of sp³-hybridized carbons (Fsp3) is 0.333. The Labute approximate surface area is 158 Å². The molecular weight excluding hydrogens is 342 g/mol. The number of likely N-dealkylation sites (tertiary alicyclic amines) is 1. The summed E-state index contributed by atoms with van der Waals surface area (Å²) < 4.78 is 7.48. The molecule has 1 fully saturated rings. The molecule has 0 radical (unpaired) electrons. The molecule has 0 saturated carbocycles. The molecule has 6 heteroatoms. The fourth-order valence-corrected chi connectivity index (χ4v) is 4.01. The van der Waals surface area contributed by atoms with Crippen LogP contribution in [0.5, 0.6) is 5.75 Å². The first-order valence-electron chi connectivity index (χ1n) is 9.07. The minimum Gasteiger partial charge on any atom is -0.496 e. The molecule has 2 aromatic heterocycles. The Hall–Kier alpha value is -2.86. The zero-order chi connectivity index (χ0) is 19.0. The molecule has 1 aliphatic rings. The van der Waals surface area contributed by atoms with Gasteiger partial charge in [0, 0.05) is 37.9 Å². The number of aromatic nitrogens is 2. The molecule has 6 nitrogen and oxygen atoms in total. The lowest BCUT2D eigenvalue weighted by atomic mass is 9.88. The molecule has 0 spiro atoms. The zero-order valence-electron chi connectivity index (χ0n) is 15.5. The molecule has 27 heavy (non-hydrogen) atoms. The smallest absolute Gasteiger partial charge is 0.308 e. The predicted molar refractivity (Wildman–Crippen MR) is 102 cm³/mol. The second-order valence-electron chi connectivity index (χ2n) is 7.19. The number of carbonyl (C=O) groups is 1. The van der Waals surface area contributed by atoms with Gasteiger partial charge in [0.05, 0.1) is 18.7 Å². The first kappa shape index (κ1) is 17.5. The minimum atomic E-state index is -0.765. The van der Waals surface area contributed by atoms with Gasteiger partial charge in [0.1, 0.15) is 11.4 Å². The summed E-state index contributed by atoms with van der Waals surface area (Å²) in [7, 11) is 1.62. The Morgan fingerprint density at radius 3 is 2.81 bits per heavy atom. The number of methoxy groups -OCH3 is 1. The quantitative estimate of drug-likeness (QED) is 0.753. The molecule has 0 bridgehead atoms. The molecule has 1 saturated heterocycles. The third kappa shape index (κ3) is 3.40. The van der Waals surface area contributed by atoms with Gasteiger partial charge in [0.25, 0.3) is 0 Å². The lowest BCUT2D eigenvalue weighted by molar-refractivity contribution is -0.141. The van der Waals surface area contributed by atoms with Gasteiger partial charge in [0.2, 0.25) is 0 Å². The van der Waals surface area contributed by atoms with Crippen molar-refractivity contribution in [3.63, 3.8) is 0 Å². The number of rotatable bonds is 5. The number of carboxylic acids is 1. The van der Waals surface area contributed by atoms with Crippen LogP contribution in [0.15, 0.2) is 48.8 Å². The number of benzene rings is 1. The van der Waals surface area contributed by atoms with Crippen molar-refractivity contribution in [2.75, 3.05) is 20.2 Å². The van der Waals surface area contributed by atoms with E-state index >= 15 is 0 Å². The van der Waals surface area contributed by atoms with Gasteiger partial charge in [-0.3, -0.25) is 9.69 Å². The highest BCUT2D eigenvalue weighted by atomic mass is 16.5. The van der Waals surface area contributed by atoms with E-state index in [0.717, 1.165) is 22.7 Å². The Balaban J connectivity index is 1.58. The molecule has 0 amide bonds. The van der Waals surface area contributed by atoms with E-state index in [4.69, 9.17) is 4.74 Å². The molecule has 1 aliphatic heterocycles. The van der Waals surface area contributed by atoms with Gasteiger partial charge in [-0.15, -0.1) is 0 Å². The van der Waals surface area contributed by atoms with Gasteiger partial charge < -0.3 is 14.2 Å². The highest BCUT2D eigenvalue weighted by Crippen LogP contribution is 2.38. The van der Waals surface area contributed by atoms with E-state index < -0.39 is 11.9 Å². The van der Waals surface area contributed by atoms with Crippen molar-refractivity contribution in [3.05, 3.63) is 65.6 Å². The Bertz CT molecular complexity index is 982. The van der Waals surface area contributed by atoms with Crippen LogP contribution in [0.4, 0.5) is 0 Å². The van der Waals surface area contributed by atoms with E-state index in [-0.39, 0.29) is 5.92 Å². The van der Waals surface area contributed by atoms with E-state index in [1.165, 1.54) is 5.56 Å². The van der Waals surface area contributed by atoms with Crippen LogP contribution in [0, 0.1) is 12.8 Å². The number of ether oxygens (including phenoxy) is 1. The largest absolute Gasteiger partial charge is 0.496 e. The highest BCUT2D eigenvalue weighted by Gasteiger charge is 2.39. The van der Waals surface area contributed by atoms with E-state index in [1.807, 2.05) is 53.2 Å². The number of hydrogen-bond donors (Lipinski definition) is 1. The molecule has 3 heterocycles. The van der Waals surface area contributed by atoms with Gasteiger partial charge in [-0.1, -0.05) is 24.3 Å². The first-order chi connectivity index (χ1) is 13.0. The van der Waals surface area contributed by atoms with Gasteiger partial charge in [-0.05, 0) is 30.2 Å². The Morgan fingerprint density at radius 2 is 2.04 bits per heavy atom. The monoisotopic (exact) mass is 365 g/mol. The van der Waals surface area contributed by atoms with E-state index in [2.05, 4.69) is 16.8 Å². The number of nitrogens with zero attached hydrogens (tertiary/aromatic N) is 3. The fourth-order valence-electron chi connectivity index (χ4n) is 4.01. The summed E-state index contributed by atoms with van der Waals surface area (Å²) in [6, 6.07) is 11.7. The maximum Gasteiger partial charge on any atom is 0.308 e. The summed E-state index contributed by atoms with van der Waals surface area (Å²) in [6.07, 6.45) is 4.07. The molecule has 3 aromatic rings. The average Bonchev–Trinajstić information content (AvgIpc) is 3.25. The number of para-hydroxylation sites is 1. The molecular formula is C21H23N3O3. The minimum absolute atomic E-state index is 0.0991. The predicted octanol–water partition coefficient (Wildman–Crippen LogP) is 2.95. The summed E-state index contributed by atoms with van der Waals surface area (Å²) in [6.45, 7) is 3.86. The van der Waals surface area contributed by atoms with Crippen LogP contribution < -0.4 is 4.74 Å². The number of carboxylic acid groups (broad SMARTS) is 1. The lowest BCUT2D eigenvalue weighted by Gasteiger charge is -2.18. The van der Waals surface area contributed by atoms with Crippen molar-refractivity contribution in [1.29, 1.82) is 0 Å². The van der Waals surface area contributed by atoms with E-state index in [9.17, 15) is 9.90 Å². The van der Waals surface area contributed by atoms with Crippen LogP contribution in [0.2, 0.25) is 0 Å². The zero-order valence-corrected chi connectivity index (χ0v) is 15.5. The number of aliphatic carboxylic acids is 1. The molecule has 140 valence electrons. The van der Waals surface area contributed by atoms with Gasteiger partial charge in [-0.2, -0.15) is 0 Å². The standard InChI is InChI=1S/C21H23N3O3/c1-14-7-8-20-22-15(11-24(20)9-14)10-23-12-17(18(13-23)21(25)26)16-5-3-4-6-19(16)27-2/h3-9,11,17-18H,10,12-13H2,1-2H3,(H,25,26)/t17-,18+/m0/s1. The first-order valence-corrected chi connectivity index (χ1v) is 9.07. The SMILES string of the molecule is COc1ccccc1[C@@H]1CN(Cc2cn3cc(C)ccc3n2)C[C@H]1C(=O)O. The summed E-state index contributed by atoms with van der Waals surface area (Å²) in [5, 5.41) is 9.75. The number of hydrogen-bond acceptors (Lipinski definition) is 4. The topological polar surface area (TPSA) is 67.1 Å². The molecule has 0 aliphatic carbocycles. The van der Waals surface area contributed by atoms with Crippen molar-refractivity contribution in [2.24, 2.45) is 5.92 Å². The number of pyridine rings is 1. The van der Waals surface area contributed by atoms with Crippen molar-refractivity contribution in [2.45, 2.75) is 19.4 Å². The molecule has 1 N–H and O–H groups in total. The highest BCUT2D eigenvalue weighted by molar-refractivity contribution is 5.72. The van der Waals surface area contributed by atoms with Crippen LogP contribution in [0.25, 0.3) is 5.65 Å². The van der Waals surface area contributed by atoms with Gasteiger partial charge in [-0.25, -0.2) is 4.98 Å². The summed E-state index contributed by atoms with van der Waals surface area (Å²) in [5.74, 6) is -0.573. The Morgan fingerprint density at radius 1 is 1.22 bits per heavy atom.